The predicted octanol–water partition coefficient (Wildman–Crippen LogP) is 7.16. The first-order valence-electron chi connectivity index (χ1n) is 29.6. The van der Waals surface area contributed by atoms with Gasteiger partial charge in [0.1, 0.15) is 0 Å². The molecule has 0 bridgehead atoms. The van der Waals surface area contributed by atoms with E-state index in [1.807, 2.05) is 12.1 Å². The van der Waals surface area contributed by atoms with Gasteiger partial charge in [0.2, 0.25) is 11.8 Å². The Hall–Kier alpha value is -7.34. The van der Waals surface area contributed by atoms with Gasteiger partial charge >= 0.3 is 47.9 Å². The second-order valence-electron chi connectivity index (χ2n) is 22.6. The van der Waals surface area contributed by atoms with Crippen LogP contribution in [-0.2, 0) is 51.2 Å². The number of nitrogens with one attached hydrogen (secondary N) is 2. The lowest BCUT2D eigenvalue weighted by atomic mass is 10.00. The second kappa shape index (κ2) is 35.7. The molecule has 24 nitrogen and oxygen atoms in total. The number of aliphatic carboxylic acids is 6. The van der Waals surface area contributed by atoms with Crippen LogP contribution in [0.3, 0.4) is 0 Å². The molecule has 6 amide bonds. The number of nitrogens with zero attached hydrogens (tertiary/aromatic N) is 6. The van der Waals surface area contributed by atoms with E-state index in [1.54, 1.807) is 13.8 Å². The molecule has 2 aliphatic heterocycles. The molecule has 0 radical (unpaired) electrons. The first kappa shape index (κ1) is 69.2. The number of benzene rings is 2. The number of amides is 6. The Morgan fingerprint density at radius 3 is 1.10 bits per heavy atom. The van der Waals surface area contributed by atoms with Crippen molar-refractivity contribution in [1.29, 1.82) is 0 Å². The van der Waals surface area contributed by atoms with E-state index in [4.69, 9.17) is 59.4 Å². The second-order valence-corrected chi connectivity index (χ2v) is 22.6. The molecule has 2 aromatic rings. The summed E-state index contributed by atoms with van der Waals surface area (Å²) in [4.78, 5) is 116. The monoisotopic (exact) mass is 1180 g/mol. The number of anilines is 2. The Balaban J connectivity index is 0.000000279. The van der Waals surface area contributed by atoms with E-state index in [2.05, 4.69) is 78.4 Å². The van der Waals surface area contributed by atoms with Gasteiger partial charge in [-0.15, -0.1) is 0 Å². The van der Waals surface area contributed by atoms with Gasteiger partial charge in [0, 0.05) is 89.7 Å². The van der Waals surface area contributed by atoms with E-state index in [-0.39, 0.29) is 11.8 Å². The highest BCUT2D eigenvalue weighted by Gasteiger charge is 2.36. The van der Waals surface area contributed by atoms with Gasteiger partial charge < -0.3 is 70.7 Å². The fourth-order valence-corrected chi connectivity index (χ4v) is 12.1. The molecule has 0 aromatic heterocycles. The fourth-order valence-electron chi connectivity index (χ4n) is 12.1. The van der Waals surface area contributed by atoms with Crippen LogP contribution < -0.4 is 10.6 Å². The summed E-state index contributed by atoms with van der Waals surface area (Å²) in [6.45, 7) is 13.1. The number of hydrogen-bond acceptors (Lipinski definition) is 12. The first-order chi connectivity index (χ1) is 39.9. The van der Waals surface area contributed by atoms with Crippen molar-refractivity contribution >= 4 is 71.1 Å². The summed E-state index contributed by atoms with van der Waals surface area (Å²) >= 11 is 0. The van der Waals surface area contributed by atoms with Crippen molar-refractivity contribution < 1.29 is 78.6 Å². The van der Waals surface area contributed by atoms with E-state index >= 15 is 0 Å². The molecular formula is C60H90N8O16. The van der Waals surface area contributed by atoms with Crippen molar-refractivity contribution in [3.63, 3.8) is 0 Å². The van der Waals surface area contributed by atoms with Crippen molar-refractivity contribution in [3.8, 4) is 0 Å². The zero-order chi connectivity index (χ0) is 61.9. The number of urea groups is 2. The smallest absolute Gasteiger partial charge is 0.414 e. The fraction of sp³-hybridized carbons (Fsp3) is 0.633. The van der Waals surface area contributed by atoms with Crippen LogP contribution in [0.25, 0.3) is 0 Å². The number of hydrogen-bond donors (Lipinski definition) is 8. The van der Waals surface area contributed by atoms with Gasteiger partial charge in [-0.3, -0.25) is 9.59 Å². The van der Waals surface area contributed by atoms with Crippen molar-refractivity contribution in [1.82, 2.24) is 29.4 Å². The highest BCUT2D eigenvalue weighted by atomic mass is 16.5. The van der Waals surface area contributed by atoms with Gasteiger partial charge in [0.15, 0.2) is 0 Å². The zero-order valence-corrected chi connectivity index (χ0v) is 49.4. The Labute approximate surface area is 492 Å². The summed E-state index contributed by atoms with van der Waals surface area (Å²) in [5.41, 5.74) is 7.53. The summed E-state index contributed by atoms with van der Waals surface area (Å²) in [7, 11) is 4.46. The van der Waals surface area contributed by atoms with E-state index in [0.717, 1.165) is 103 Å². The topological polar surface area (TPSA) is 336 Å². The number of likely N-dealkylation sites (N-methyl/N-ethyl adjacent to an activating group) is 2. The predicted molar refractivity (Wildman–Crippen MR) is 313 cm³/mol. The van der Waals surface area contributed by atoms with Gasteiger partial charge in [0.05, 0.1) is 0 Å². The third-order valence-corrected chi connectivity index (χ3v) is 16.2. The lowest BCUT2D eigenvalue weighted by Gasteiger charge is -2.24. The van der Waals surface area contributed by atoms with E-state index in [9.17, 15) is 19.2 Å². The SMILES string of the molecule is CC(=O)Nc1ccc2c(c1)C(CN(C)CCCCCCN1CCN(C3CCCC3)C1=O)CC2.CC(=O)Nc1ccc2c(c1)C(CN(C)CCCCCCN1CCN(C3CCCC3)C1=O)CC2.O=C(O)C(=O)O.O=C(O)C(=O)O.O=C(O)C(=O)O. The minimum atomic E-state index is -1.82. The number of carboxylic acids is 6. The zero-order valence-electron chi connectivity index (χ0n) is 49.4. The van der Waals surface area contributed by atoms with Crippen LogP contribution in [0.4, 0.5) is 21.0 Å². The van der Waals surface area contributed by atoms with Crippen LogP contribution in [0.15, 0.2) is 36.4 Å². The number of aryl methyl sites for hydroxylation is 2. The number of rotatable bonds is 22. The molecule has 24 heteroatoms. The molecule has 2 saturated carbocycles. The van der Waals surface area contributed by atoms with E-state index < -0.39 is 35.8 Å². The van der Waals surface area contributed by atoms with Gasteiger partial charge in [-0.05, 0) is 163 Å². The third-order valence-electron chi connectivity index (χ3n) is 16.2. The molecule has 2 heterocycles. The molecule has 2 unspecified atom stereocenters. The Bertz CT molecular complexity index is 2320. The number of fused-ring (bicyclic) bond motifs is 2. The van der Waals surface area contributed by atoms with E-state index in [1.165, 1.54) is 125 Å². The largest absolute Gasteiger partial charge is 0.473 e. The number of unbranched alkanes of at least 4 members (excludes halogenated alkanes) is 6. The average molecular weight is 1180 g/mol. The maximum atomic E-state index is 12.7. The molecule has 0 spiro atoms. The van der Waals surface area contributed by atoms with Gasteiger partial charge in [-0.1, -0.05) is 63.5 Å². The highest BCUT2D eigenvalue weighted by molar-refractivity contribution is 6.28. The molecular weight excluding hydrogens is 1090 g/mol. The van der Waals surface area contributed by atoms with Crippen molar-refractivity contribution in [2.45, 2.75) is 166 Å². The average Bonchev–Trinajstić information content (AvgIpc) is 4.29. The van der Waals surface area contributed by atoms with Crippen LogP contribution in [0.5, 0.6) is 0 Å². The lowest BCUT2D eigenvalue weighted by Crippen LogP contribution is -2.38. The molecule has 4 fully saturated rings. The van der Waals surface area contributed by atoms with Crippen molar-refractivity contribution in [2.75, 3.05) is 90.2 Å². The van der Waals surface area contributed by atoms with Gasteiger partial charge in [-0.2, -0.15) is 0 Å². The van der Waals surface area contributed by atoms with Gasteiger partial charge in [-0.25, -0.2) is 38.4 Å². The van der Waals surface area contributed by atoms with Crippen molar-refractivity contribution in [3.05, 3.63) is 58.7 Å². The summed E-state index contributed by atoms with van der Waals surface area (Å²) in [5, 5.41) is 50.2. The standard InChI is InChI=1S/2C27H42N4O2.3C2H2O4/c2*1-21(32)28-24-14-13-22-11-12-23(26(22)19-24)20-29(2)15-7-3-4-8-16-30-17-18-31(27(30)33)25-9-5-6-10-25;3*3-1(4)2(5)6/h2*13-14,19,23,25H,3-12,15-18,20H2,1-2H3,(H,28,32);3*(H,3,4)(H,5,6). The maximum absolute atomic E-state index is 12.7. The lowest BCUT2D eigenvalue weighted by molar-refractivity contribution is -0.159. The normalized spacial score (nSPS) is 17.9. The summed E-state index contributed by atoms with van der Waals surface area (Å²) in [6, 6.07) is 14.4. The van der Waals surface area contributed by atoms with Gasteiger partial charge in [0.25, 0.3) is 0 Å². The minimum absolute atomic E-state index is 0.0122. The number of carbonyl (C=O) groups is 10. The number of carboxylic acid groups (broad SMARTS) is 6. The molecule has 2 aromatic carbocycles. The summed E-state index contributed by atoms with van der Waals surface area (Å²) < 4.78 is 0. The van der Waals surface area contributed by atoms with Crippen LogP contribution in [-0.4, -0.2) is 211 Å². The molecule has 466 valence electrons. The Morgan fingerprint density at radius 2 is 0.786 bits per heavy atom. The maximum Gasteiger partial charge on any atom is 0.414 e. The van der Waals surface area contributed by atoms with Crippen LogP contribution in [0, 0.1) is 0 Å². The molecule has 6 aliphatic rings. The van der Waals surface area contributed by atoms with Crippen molar-refractivity contribution in [2.24, 2.45) is 0 Å². The van der Waals surface area contributed by atoms with E-state index in [0.29, 0.717) is 36.0 Å². The number of carbonyl (C=O) groups excluding carboxylic acids is 4. The third kappa shape index (κ3) is 23.7. The quantitative estimate of drug-likeness (QED) is 0.0428. The Morgan fingerprint density at radius 1 is 0.464 bits per heavy atom. The summed E-state index contributed by atoms with van der Waals surface area (Å²) in [5.74, 6) is -9.85. The molecule has 2 saturated heterocycles. The molecule has 8 rings (SSSR count). The minimum Gasteiger partial charge on any atom is -0.473 e. The van der Waals surface area contributed by atoms with Crippen LogP contribution in [0.1, 0.15) is 164 Å². The molecule has 4 aliphatic carbocycles. The molecule has 84 heavy (non-hydrogen) atoms. The highest BCUT2D eigenvalue weighted by Crippen LogP contribution is 2.37. The van der Waals surface area contributed by atoms with Crippen LogP contribution >= 0.6 is 0 Å². The Kier molecular flexibility index (Phi) is 29.4. The molecule has 8 N–H and O–H groups in total. The molecule has 2 atom stereocenters. The van der Waals surface area contributed by atoms with Crippen LogP contribution in [0.2, 0.25) is 0 Å². The summed E-state index contributed by atoms with van der Waals surface area (Å²) in [6.07, 6.45) is 24.2. The first-order valence-corrected chi connectivity index (χ1v) is 29.6.